The number of rotatable bonds is 4. The summed E-state index contributed by atoms with van der Waals surface area (Å²) in [6.45, 7) is 3.95. The smallest absolute Gasteiger partial charge is 0.269 e. The molecule has 2 aromatic rings. The molecule has 0 fully saturated rings. The van der Waals surface area contributed by atoms with Gasteiger partial charge in [-0.15, -0.1) is 0 Å². The number of fused-ring (bicyclic) bond motifs is 3. The predicted octanol–water partition coefficient (Wildman–Crippen LogP) is 4.14. The Morgan fingerprint density at radius 2 is 2.00 bits per heavy atom. The van der Waals surface area contributed by atoms with E-state index in [9.17, 15) is 14.9 Å². The van der Waals surface area contributed by atoms with Crippen molar-refractivity contribution in [3.63, 3.8) is 0 Å². The van der Waals surface area contributed by atoms with Crippen LogP contribution in [-0.4, -0.2) is 32.8 Å². The molecule has 0 aromatic heterocycles. The molecular formula is C20H18N4O3S. The fourth-order valence-electron chi connectivity index (χ4n) is 3.21. The molecule has 4 rings (SSSR count). The first-order valence-corrected chi connectivity index (χ1v) is 9.90. The monoisotopic (exact) mass is 394 g/mol. The quantitative estimate of drug-likeness (QED) is 0.576. The van der Waals surface area contributed by atoms with Gasteiger partial charge in [-0.1, -0.05) is 49.9 Å². The Morgan fingerprint density at radius 1 is 1.21 bits per heavy atom. The first-order chi connectivity index (χ1) is 13.5. The van der Waals surface area contributed by atoms with Crippen LogP contribution in [0.2, 0.25) is 0 Å². The summed E-state index contributed by atoms with van der Waals surface area (Å²) in [6.07, 6.45) is 0. The molecule has 0 unspecified atom stereocenters. The van der Waals surface area contributed by atoms with E-state index in [4.69, 9.17) is 0 Å². The molecule has 7 nitrogen and oxygen atoms in total. The number of hydrogen-bond acceptors (Lipinski definition) is 6. The Kier molecular flexibility index (Phi) is 4.72. The number of aliphatic imine (C=N–C) groups is 2. The average Bonchev–Trinajstić information content (AvgIpc) is 3.04. The normalized spacial score (nSPS) is 17.9. The topological polar surface area (TPSA) is 88.2 Å². The van der Waals surface area contributed by atoms with Gasteiger partial charge < -0.3 is 0 Å². The van der Waals surface area contributed by atoms with E-state index in [0.29, 0.717) is 16.8 Å². The highest BCUT2D eigenvalue weighted by Gasteiger charge is 2.42. The first kappa shape index (κ1) is 18.4. The lowest BCUT2D eigenvalue weighted by atomic mass is 10.1. The number of amides is 1. The Bertz CT molecular complexity index is 1030. The largest absolute Gasteiger partial charge is 0.271 e. The standard InChI is InChI=1S/C20H18N4O3S/c1-12(2)17-19(25)23-18(22-17)15-8-3-4-9-16(15)21-20(23)28-11-13-6-5-7-14(10-13)24(26)27/h3-10,12,17H,11H2,1-2H3/t17-/m0/s1. The van der Waals surface area contributed by atoms with Crippen LogP contribution >= 0.6 is 11.8 Å². The number of non-ortho nitro benzene ring substituents is 1. The van der Waals surface area contributed by atoms with E-state index in [1.807, 2.05) is 44.2 Å². The molecule has 0 bridgehead atoms. The highest BCUT2D eigenvalue weighted by molar-refractivity contribution is 8.13. The minimum absolute atomic E-state index is 0.0494. The zero-order valence-corrected chi connectivity index (χ0v) is 16.2. The van der Waals surface area contributed by atoms with Crippen molar-refractivity contribution in [3.05, 3.63) is 69.8 Å². The number of thioether (sulfide) groups is 1. The molecule has 0 N–H and O–H groups in total. The van der Waals surface area contributed by atoms with Gasteiger partial charge in [0.2, 0.25) is 0 Å². The van der Waals surface area contributed by atoms with Gasteiger partial charge in [-0.2, -0.15) is 0 Å². The number of amidine groups is 2. The van der Waals surface area contributed by atoms with E-state index in [0.717, 1.165) is 16.8 Å². The zero-order valence-electron chi connectivity index (χ0n) is 15.4. The maximum Gasteiger partial charge on any atom is 0.269 e. The molecule has 2 aliphatic heterocycles. The lowest BCUT2D eigenvalue weighted by Crippen LogP contribution is -2.41. The number of benzene rings is 2. The maximum atomic E-state index is 13.0. The Hall–Kier alpha value is -3.00. The number of nitro benzene ring substituents is 1. The summed E-state index contributed by atoms with van der Waals surface area (Å²) < 4.78 is 0. The maximum absolute atomic E-state index is 13.0. The molecule has 142 valence electrons. The summed E-state index contributed by atoms with van der Waals surface area (Å²) in [5, 5.41) is 11.5. The minimum atomic E-state index is -0.426. The van der Waals surface area contributed by atoms with Crippen molar-refractivity contribution < 1.29 is 9.72 Å². The number of carbonyl (C=O) groups is 1. The van der Waals surface area contributed by atoms with Gasteiger partial charge in [0.1, 0.15) is 11.9 Å². The second-order valence-corrected chi connectivity index (χ2v) is 7.88. The third kappa shape index (κ3) is 3.20. The molecule has 1 amide bonds. The van der Waals surface area contributed by atoms with E-state index >= 15 is 0 Å². The molecule has 0 aliphatic carbocycles. The second kappa shape index (κ2) is 7.20. The van der Waals surface area contributed by atoms with Crippen LogP contribution in [0.25, 0.3) is 0 Å². The van der Waals surface area contributed by atoms with Crippen molar-refractivity contribution in [1.82, 2.24) is 4.90 Å². The lowest BCUT2D eigenvalue weighted by Gasteiger charge is -2.25. The number of nitrogens with zero attached hydrogens (tertiary/aromatic N) is 4. The van der Waals surface area contributed by atoms with Crippen LogP contribution in [-0.2, 0) is 10.5 Å². The van der Waals surface area contributed by atoms with E-state index in [1.54, 1.807) is 17.0 Å². The number of para-hydroxylation sites is 1. The van der Waals surface area contributed by atoms with Crippen LogP contribution < -0.4 is 0 Å². The van der Waals surface area contributed by atoms with Crippen molar-refractivity contribution in [2.75, 3.05) is 0 Å². The van der Waals surface area contributed by atoms with Crippen molar-refractivity contribution in [2.45, 2.75) is 25.6 Å². The van der Waals surface area contributed by atoms with Crippen molar-refractivity contribution in [1.29, 1.82) is 0 Å². The fourth-order valence-corrected chi connectivity index (χ4v) is 4.15. The van der Waals surface area contributed by atoms with Crippen LogP contribution in [0.3, 0.4) is 0 Å². The highest BCUT2D eigenvalue weighted by Crippen LogP contribution is 2.35. The van der Waals surface area contributed by atoms with E-state index in [-0.39, 0.29) is 17.5 Å². The second-order valence-electron chi connectivity index (χ2n) is 6.94. The van der Waals surface area contributed by atoms with Crippen molar-refractivity contribution in [2.24, 2.45) is 15.9 Å². The summed E-state index contributed by atoms with van der Waals surface area (Å²) in [5.41, 5.74) is 2.47. The molecule has 2 aromatic carbocycles. The van der Waals surface area contributed by atoms with Crippen molar-refractivity contribution >= 4 is 40.0 Å². The average molecular weight is 394 g/mol. The van der Waals surface area contributed by atoms with Gasteiger partial charge in [-0.3, -0.25) is 19.9 Å². The zero-order chi connectivity index (χ0) is 19.8. The summed E-state index contributed by atoms with van der Waals surface area (Å²) in [5.74, 6) is 1.10. The van der Waals surface area contributed by atoms with E-state index < -0.39 is 11.0 Å². The van der Waals surface area contributed by atoms with Gasteiger partial charge in [-0.05, 0) is 23.6 Å². The molecule has 0 spiro atoms. The summed E-state index contributed by atoms with van der Waals surface area (Å²) in [4.78, 5) is 34.5. The molecule has 2 aliphatic rings. The van der Waals surface area contributed by atoms with Gasteiger partial charge in [0.15, 0.2) is 5.17 Å². The third-order valence-electron chi connectivity index (χ3n) is 4.62. The summed E-state index contributed by atoms with van der Waals surface area (Å²) >= 11 is 1.38. The number of hydrogen-bond donors (Lipinski definition) is 0. The van der Waals surface area contributed by atoms with E-state index in [2.05, 4.69) is 9.98 Å². The van der Waals surface area contributed by atoms with Crippen LogP contribution in [0.4, 0.5) is 11.4 Å². The number of nitro groups is 1. The van der Waals surface area contributed by atoms with Gasteiger partial charge in [0.25, 0.3) is 11.6 Å². The van der Waals surface area contributed by atoms with Crippen LogP contribution in [0.1, 0.15) is 25.0 Å². The molecule has 0 saturated carbocycles. The molecule has 28 heavy (non-hydrogen) atoms. The molecule has 0 saturated heterocycles. The molecule has 2 heterocycles. The Balaban J connectivity index is 1.66. The number of carbonyl (C=O) groups excluding carboxylic acids is 1. The fraction of sp³-hybridized carbons (Fsp3) is 0.250. The van der Waals surface area contributed by atoms with Crippen LogP contribution in [0, 0.1) is 16.0 Å². The van der Waals surface area contributed by atoms with Crippen LogP contribution in [0.5, 0.6) is 0 Å². The molecular weight excluding hydrogens is 376 g/mol. The van der Waals surface area contributed by atoms with Crippen molar-refractivity contribution in [3.8, 4) is 0 Å². The Morgan fingerprint density at radius 3 is 2.75 bits per heavy atom. The predicted molar refractivity (Wildman–Crippen MR) is 110 cm³/mol. The lowest BCUT2D eigenvalue weighted by molar-refractivity contribution is -0.384. The molecule has 8 heteroatoms. The van der Waals surface area contributed by atoms with Gasteiger partial charge >= 0.3 is 0 Å². The van der Waals surface area contributed by atoms with Gasteiger partial charge in [0.05, 0.1) is 10.6 Å². The van der Waals surface area contributed by atoms with E-state index in [1.165, 1.54) is 17.8 Å². The molecule has 0 radical (unpaired) electrons. The first-order valence-electron chi connectivity index (χ1n) is 8.91. The molecule has 1 atom stereocenters. The third-order valence-corrected chi connectivity index (χ3v) is 5.63. The summed E-state index contributed by atoms with van der Waals surface area (Å²) in [6, 6.07) is 13.7. The Labute approximate surface area is 166 Å². The SMILES string of the molecule is CC(C)[C@@H]1N=C2c3ccccc3N=C(SCc3cccc([N+](=O)[O-])c3)N2C1=O. The van der Waals surface area contributed by atoms with Crippen LogP contribution in [0.15, 0.2) is 58.5 Å². The minimum Gasteiger partial charge on any atom is -0.271 e. The van der Waals surface area contributed by atoms with Gasteiger partial charge in [-0.25, -0.2) is 9.89 Å². The summed E-state index contributed by atoms with van der Waals surface area (Å²) in [7, 11) is 0. The highest BCUT2D eigenvalue weighted by atomic mass is 32.2. The van der Waals surface area contributed by atoms with Gasteiger partial charge in [0, 0.05) is 23.4 Å².